The molecule has 0 aliphatic heterocycles. The molecular weight excluding hydrogens is 313 g/mol. The van der Waals surface area contributed by atoms with Crippen molar-refractivity contribution in [2.24, 2.45) is 5.41 Å². The summed E-state index contributed by atoms with van der Waals surface area (Å²) in [5.74, 6) is -1.24. The maximum Gasteiger partial charge on any atom is 0.311 e. The summed E-state index contributed by atoms with van der Waals surface area (Å²) in [5, 5.41) is 12.8. The highest BCUT2D eigenvalue weighted by Crippen LogP contribution is 2.31. The summed E-state index contributed by atoms with van der Waals surface area (Å²) in [4.78, 5) is 23.4. The first-order chi connectivity index (χ1) is 9.47. The Balaban J connectivity index is 2.81. The van der Waals surface area contributed by atoms with Gasteiger partial charge in [-0.1, -0.05) is 29.3 Å². The topological polar surface area (TPSA) is 66.4 Å². The summed E-state index contributed by atoms with van der Waals surface area (Å²) in [5.41, 5.74) is -1.28. The van der Waals surface area contributed by atoms with Crippen molar-refractivity contribution < 1.29 is 14.7 Å². The molecule has 0 aliphatic rings. The van der Waals surface area contributed by atoms with Gasteiger partial charge < -0.3 is 10.4 Å². The summed E-state index contributed by atoms with van der Waals surface area (Å²) in [7, 11) is 0. The molecule has 0 aromatic heterocycles. The highest BCUT2D eigenvalue weighted by atomic mass is 35.5. The Morgan fingerprint density at radius 1 is 1.14 bits per heavy atom. The van der Waals surface area contributed by atoms with Gasteiger partial charge in [0.15, 0.2) is 0 Å². The molecule has 1 amide bonds. The Kier molecular flexibility index (Phi) is 5.29. The number of amides is 1. The lowest BCUT2D eigenvalue weighted by molar-refractivity contribution is -0.151. The van der Waals surface area contributed by atoms with E-state index < -0.39 is 16.9 Å². The second-order valence-electron chi connectivity index (χ2n) is 6.03. The summed E-state index contributed by atoms with van der Waals surface area (Å²) in [6.07, 6.45) is 0.107. The van der Waals surface area contributed by atoms with E-state index in [-0.39, 0.29) is 12.3 Å². The third kappa shape index (κ3) is 4.11. The standard InChI is InChI=1S/C15H19Cl2NO3/c1-14(2,13(20)21)15(3,4)18-12(19)8-9-5-6-10(16)11(17)7-9/h5-7H,8H2,1-4H3,(H,18,19)(H,20,21). The van der Waals surface area contributed by atoms with Crippen LogP contribution in [-0.2, 0) is 16.0 Å². The Hall–Kier alpha value is -1.26. The number of carbonyl (C=O) groups is 2. The van der Waals surface area contributed by atoms with Gasteiger partial charge in [-0.05, 0) is 45.4 Å². The molecule has 1 aromatic carbocycles. The lowest BCUT2D eigenvalue weighted by Crippen LogP contribution is -2.57. The molecule has 0 saturated carbocycles. The number of carboxylic acid groups (broad SMARTS) is 1. The van der Waals surface area contributed by atoms with Crippen LogP contribution in [0.4, 0.5) is 0 Å². The van der Waals surface area contributed by atoms with Crippen molar-refractivity contribution in [2.45, 2.75) is 39.7 Å². The zero-order valence-corrected chi connectivity index (χ0v) is 14.0. The second-order valence-corrected chi connectivity index (χ2v) is 6.84. The molecule has 0 spiro atoms. The molecule has 1 rings (SSSR count). The molecule has 0 bridgehead atoms. The van der Waals surface area contributed by atoms with Crippen molar-refractivity contribution in [1.82, 2.24) is 5.32 Å². The minimum absolute atomic E-state index is 0.107. The predicted octanol–water partition coefficient (Wildman–Crippen LogP) is 3.54. The van der Waals surface area contributed by atoms with E-state index >= 15 is 0 Å². The van der Waals surface area contributed by atoms with Crippen molar-refractivity contribution in [3.63, 3.8) is 0 Å². The quantitative estimate of drug-likeness (QED) is 0.867. The summed E-state index contributed by atoms with van der Waals surface area (Å²) in [6.45, 7) is 6.53. The molecule has 0 radical (unpaired) electrons. The molecule has 6 heteroatoms. The number of halogens is 2. The fraction of sp³-hybridized carbons (Fsp3) is 0.467. The zero-order valence-electron chi connectivity index (χ0n) is 12.5. The van der Waals surface area contributed by atoms with E-state index in [4.69, 9.17) is 23.2 Å². The fourth-order valence-corrected chi connectivity index (χ4v) is 1.97. The van der Waals surface area contributed by atoms with Crippen LogP contribution in [0.3, 0.4) is 0 Å². The summed E-state index contributed by atoms with van der Waals surface area (Å²) in [6, 6.07) is 4.96. The Bertz CT molecular complexity index is 568. The van der Waals surface area contributed by atoms with Crippen LogP contribution in [-0.4, -0.2) is 22.5 Å². The molecule has 0 unspecified atom stereocenters. The number of hydrogen-bond donors (Lipinski definition) is 2. The van der Waals surface area contributed by atoms with Crippen molar-refractivity contribution >= 4 is 35.1 Å². The summed E-state index contributed by atoms with van der Waals surface area (Å²) >= 11 is 11.7. The van der Waals surface area contributed by atoms with Gasteiger partial charge in [0.25, 0.3) is 0 Å². The Morgan fingerprint density at radius 2 is 1.71 bits per heavy atom. The number of hydrogen-bond acceptors (Lipinski definition) is 2. The van der Waals surface area contributed by atoms with Gasteiger partial charge in [0, 0.05) is 5.54 Å². The first-order valence-electron chi connectivity index (χ1n) is 6.45. The van der Waals surface area contributed by atoms with Gasteiger partial charge in [-0.15, -0.1) is 0 Å². The zero-order chi connectivity index (χ0) is 16.4. The monoisotopic (exact) mass is 331 g/mol. The first kappa shape index (κ1) is 17.8. The largest absolute Gasteiger partial charge is 0.481 e. The van der Waals surface area contributed by atoms with E-state index in [1.165, 1.54) is 0 Å². The minimum Gasteiger partial charge on any atom is -0.481 e. The summed E-state index contributed by atoms with van der Waals surface area (Å²) < 4.78 is 0. The number of nitrogens with one attached hydrogen (secondary N) is 1. The highest BCUT2D eigenvalue weighted by molar-refractivity contribution is 6.42. The van der Waals surface area contributed by atoms with Crippen molar-refractivity contribution in [2.75, 3.05) is 0 Å². The third-order valence-electron chi connectivity index (χ3n) is 3.90. The lowest BCUT2D eigenvalue weighted by Gasteiger charge is -2.38. The molecule has 116 valence electrons. The van der Waals surface area contributed by atoms with Gasteiger partial charge in [-0.2, -0.15) is 0 Å². The number of benzene rings is 1. The average Bonchev–Trinajstić information content (AvgIpc) is 2.32. The number of rotatable bonds is 5. The van der Waals surface area contributed by atoms with Gasteiger partial charge in [0.2, 0.25) is 5.91 Å². The SMILES string of the molecule is CC(C)(NC(=O)Cc1ccc(Cl)c(Cl)c1)C(C)(C)C(=O)O. The van der Waals surface area contributed by atoms with Crippen molar-refractivity contribution in [3.8, 4) is 0 Å². The van der Waals surface area contributed by atoms with Crippen LogP contribution in [0.25, 0.3) is 0 Å². The molecule has 1 aromatic rings. The Morgan fingerprint density at radius 3 is 2.19 bits per heavy atom. The van der Waals surface area contributed by atoms with Gasteiger partial charge in [-0.25, -0.2) is 0 Å². The molecule has 0 fully saturated rings. The number of aliphatic carboxylic acids is 1. The van der Waals surface area contributed by atoms with Gasteiger partial charge in [0.1, 0.15) is 0 Å². The van der Waals surface area contributed by atoms with Crippen molar-refractivity contribution in [3.05, 3.63) is 33.8 Å². The van der Waals surface area contributed by atoms with E-state index in [0.29, 0.717) is 15.6 Å². The lowest BCUT2D eigenvalue weighted by atomic mass is 9.74. The van der Waals surface area contributed by atoms with Crippen LogP contribution in [0, 0.1) is 5.41 Å². The number of carbonyl (C=O) groups excluding carboxylic acids is 1. The normalized spacial score (nSPS) is 12.1. The van der Waals surface area contributed by atoms with Crippen LogP contribution in [0.5, 0.6) is 0 Å². The molecule has 4 nitrogen and oxygen atoms in total. The first-order valence-corrected chi connectivity index (χ1v) is 7.21. The van der Waals surface area contributed by atoms with Crippen LogP contribution in [0.15, 0.2) is 18.2 Å². The van der Waals surface area contributed by atoms with E-state index in [1.54, 1.807) is 45.9 Å². The second kappa shape index (κ2) is 6.24. The van der Waals surface area contributed by atoms with Crippen LogP contribution >= 0.6 is 23.2 Å². The maximum atomic E-state index is 12.1. The Labute approximate surface area is 134 Å². The molecule has 0 heterocycles. The fourth-order valence-electron chi connectivity index (χ4n) is 1.65. The molecule has 2 N–H and O–H groups in total. The van der Waals surface area contributed by atoms with E-state index in [0.717, 1.165) is 0 Å². The van der Waals surface area contributed by atoms with Gasteiger partial charge in [-0.3, -0.25) is 9.59 Å². The van der Waals surface area contributed by atoms with Crippen LogP contribution in [0.1, 0.15) is 33.3 Å². The van der Waals surface area contributed by atoms with Gasteiger partial charge >= 0.3 is 5.97 Å². The molecule has 0 aliphatic carbocycles. The highest BCUT2D eigenvalue weighted by Gasteiger charge is 2.44. The van der Waals surface area contributed by atoms with Crippen LogP contribution in [0.2, 0.25) is 10.0 Å². The molecular formula is C15H19Cl2NO3. The molecule has 21 heavy (non-hydrogen) atoms. The van der Waals surface area contributed by atoms with E-state index in [2.05, 4.69) is 5.32 Å². The third-order valence-corrected chi connectivity index (χ3v) is 4.64. The van der Waals surface area contributed by atoms with Crippen molar-refractivity contribution in [1.29, 1.82) is 0 Å². The minimum atomic E-state index is -1.10. The van der Waals surface area contributed by atoms with Gasteiger partial charge in [0.05, 0.1) is 21.9 Å². The van der Waals surface area contributed by atoms with E-state index in [9.17, 15) is 14.7 Å². The average molecular weight is 332 g/mol. The van der Waals surface area contributed by atoms with E-state index in [1.807, 2.05) is 0 Å². The van der Waals surface area contributed by atoms with Crippen LogP contribution < -0.4 is 5.32 Å². The number of carboxylic acids is 1. The smallest absolute Gasteiger partial charge is 0.311 e. The molecule has 0 atom stereocenters. The molecule has 0 saturated heterocycles. The maximum absolute atomic E-state index is 12.1. The predicted molar refractivity (Wildman–Crippen MR) is 83.8 cm³/mol.